The first-order valence-electron chi connectivity index (χ1n) is 10.3. The second-order valence-corrected chi connectivity index (χ2v) is 8.32. The molecule has 0 aromatic carbocycles. The summed E-state index contributed by atoms with van der Waals surface area (Å²) >= 11 is 0. The number of nitrogens with two attached hydrogens (primary N) is 1. The van der Waals surface area contributed by atoms with Gasteiger partial charge in [-0.3, -0.25) is 9.59 Å². The minimum atomic E-state index is -0.0582. The molecule has 0 radical (unpaired) electrons. The van der Waals surface area contributed by atoms with Crippen molar-refractivity contribution in [2.75, 3.05) is 19.6 Å². The van der Waals surface area contributed by atoms with E-state index in [1.807, 2.05) is 4.90 Å². The molecular weight excluding hydrogens is 314 g/mol. The molecule has 2 aliphatic rings. The van der Waals surface area contributed by atoms with Crippen molar-refractivity contribution in [2.45, 2.75) is 84.1 Å². The lowest BCUT2D eigenvalue weighted by Gasteiger charge is -2.39. The normalized spacial score (nSPS) is 24.6. The number of hydrogen-bond acceptors (Lipinski definition) is 3. The van der Waals surface area contributed by atoms with Crippen molar-refractivity contribution in [3.63, 3.8) is 0 Å². The molecule has 2 atom stereocenters. The molecule has 2 rings (SSSR count). The van der Waals surface area contributed by atoms with Crippen LogP contribution in [0.2, 0.25) is 0 Å². The average Bonchev–Trinajstić information content (AvgIpc) is 2.62. The van der Waals surface area contributed by atoms with Gasteiger partial charge in [0.15, 0.2) is 0 Å². The first-order chi connectivity index (χ1) is 12.0. The molecule has 3 N–H and O–H groups in total. The number of carbonyl (C=O) groups is 2. The number of likely N-dealkylation sites (tertiary alicyclic amines) is 1. The molecular formula is C20H37N3O2. The fourth-order valence-electron chi connectivity index (χ4n) is 4.47. The Morgan fingerprint density at radius 1 is 1.24 bits per heavy atom. The van der Waals surface area contributed by atoms with E-state index in [1.165, 1.54) is 19.3 Å². The van der Waals surface area contributed by atoms with Crippen LogP contribution in [0.3, 0.4) is 0 Å². The molecule has 144 valence electrons. The topological polar surface area (TPSA) is 75.4 Å². The predicted octanol–water partition coefficient (Wildman–Crippen LogP) is 2.83. The summed E-state index contributed by atoms with van der Waals surface area (Å²) in [7, 11) is 0. The fourth-order valence-corrected chi connectivity index (χ4v) is 4.47. The summed E-state index contributed by atoms with van der Waals surface area (Å²) in [5.74, 6) is 0.258. The van der Waals surface area contributed by atoms with E-state index in [9.17, 15) is 9.59 Å². The van der Waals surface area contributed by atoms with E-state index in [0.29, 0.717) is 19.5 Å². The molecule has 0 spiro atoms. The minimum absolute atomic E-state index is 0.000175. The number of piperidine rings is 1. The van der Waals surface area contributed by atoms with Gasteiger partial charge in [0, 0.05) is 25.6 Å². The Bertz CT molecular complexity index is 446. The predicted molar refractivity (Wildman–Crippen MR) is 101 cm³/mol. The molecule has 1 saturated heterocycles. The van der Waals surface area contributed by atoms with Crippen molar-refractivity contribution >= 4 is 11.8 Å². The van der Waals surface area contributed by atoms with Crippen LogP contribution in [0.25, 0.3) is 0 Å². The zero-order chi connectivity index (χ0) is 18.3. The lowest BCUT2D eigenvalue weighted by atomic mass is 9.71. The monoisotopic (exact) mass is 351 g/mol. The molecule has 1 saturated carbocycles. The highest BCUT2D eigenvalue weighted by atomic mass is 16.2. The van der Waals surface area contributed by atoms with Crippen molar-refractivity contribution in [3.8, 4) is 0 Å². The van der Waals surface area contributed by atoms with E-state index in [4.69, 9.17) is 5.73 Å². The van der Waals surface area contributed by atoms with Crippen LogP contribution in [0.15, 0.2) is 0 Å². The fraction of sp³-hybridized carbons (Fsp3) is 0.900. The van der Waals surface area contributed by atoms with Gasteiger partial charge < -0.3 is 16.0 Å². The van der Waals surface area contributed by atoms with E-state index in [0.717, 1.165) is 45.1 Å². The van der Waals surface area contributed by atoms with Crippen molar-refractivity contribution in [2.24, 2.45) is 17.1 Å². The maximum Gasteiger partial charge on any atom is 0.225 e. The van der Waals surface area contributed by atoms with Crippen LogP contribution in [-0.4, -0.2) is 42.4 Å². The van der Waals surface area contributed by atoms with Gasteiger partial charge >= 0.3 is 0 Å². The third-order valence-electron chi connectivity index (χ3n) is 6.13. The Kier molecular flexibility index (Phi) is 7.73. The Morgan fingerprint density at radius 3 is 2.60 bits per heavy atom. The summed E-state index contributed by atoms with van der Waals surface area (Å²) in [5, 5.41) is 3.11. The summed E-state index contributed by atoms with van der Waals surface area (Å²) < 4.78 is 0. The number of nitrogens with one attached hydrogen (secondary N) is 1. The third kappa shape index (κ3) is 5.70. The second kappa shape index (κ2) is 9.56. The summed E-state index contributed by atoms with van der Waals surface area (Å²) in [6.45, 7) is 6.15. The Labute approximate surface area is 153 Å². The maximum atomic E-state index is 12.9. The molecule has 0 aromatic rings. The number of rotatable bonds is 7. The second-order valence-electron chi connectivity index (χ2n) is 8.32. The van der Waals surface area contributed by atoms with Crippen molar-refractivity contribution in [1.29, 1.82) is 0 Å². The van der Waals surface area contributed by atoms with E-state index >= 15 is 0 Å². The van der Waals surface area contributed by atoms with Gasteiger partial charge in [-0.1, -0.05) is 32.6 Å². The zero-order valence-electron chi connectivity index (χ0n) is 16.2. The smallest absolute Gasteiger partial charge is 0.225 e. The standard InChI is InChI=1S/C20H37N3O2/c1-3-8-16(2)22-19(25)17-9-7-12-23(14-17)18(24)13-20(15-21)10-5-4-6-11-20/h16-17H,3-15,21H2,1-2H3,(H,22,25). The van der Waals surface area contributed by atoms with E-state index in [-0.39, 0.29) is 29.2 Å². The van der Waals surface area contributed by atoms with Gasteiger partial charge in [0.25, 0.3) is 0 Å². The summed E-state index contributed by atoms with van der Waals surface area (Å²) in [6, 6.07) is 0.214. The minimum Gasteiger partial charge on any atom is -0.353 e. The molecule has 2 amide bonds. The number of hydrogen-bond donors (Lipinski definition) is 2. The van der Waals surface area contributed by atoms with Crippen LogP contribution in [0, 0.1) is 11.3 Å². The number of nitrogens with zero attached hydrogens (tertiary/aromatic N) is 1. The van der Waals surface area contributed by atoms with Gasteiger partial charge in [-0.05, 0) is 51.0 Å². The van der Waals surface area contributed by atoms with Crippen LogP contribution < -0.4 is 11.1 Å². The van der Waals surface area contributed by atoms with Crippen LogP contribution in [-0.2, 0) is 9.59 Å². The Hall–Kier alpha value is -1.10. The maximum absolute atomic E-state index is 12.9. The molecule has 5 nitrogen and oxygen atoms in total. The molecule has 1 heterocycles. The SMILES string of the molecule is CCCC(C)NC(=O)C1CCCN(C(=O)CC2(CN)CCCCC2)C1. The van der Waals surface area contributed by atoms with Crippen LogP contribution in [0.1, 0.15) is 78.1 Å². The van der Waals surface area contributed by atoms with Crippen LogP contribution in [0.5, 0.6) is 0 Å². The molecule has 0 bridgehead atoms. The molecule has 0 aromatic heterocycles. The van der Waals surface area contributed by atoms with Crippen LogP contribution in [0.4, 0.5) is 0 Å². The largest absolute Gasteiger partial charge is 0.353 e. The van der Waals surface area contributed by atoms with Gasteiger partial charge in [-0.25, -0.2) is 0 Å². The molecule has 1 aliphatic heterocycles. The first-order valence-corrected chi connectivity index (χ1v) is 10.3. The molecule has 25 heavy (non-hydrogen) atoms. The van der Waals surface area contributed by atoms with Crippen LogP contribution >= 0.6 is 0 Å². The molecule has 2 unspecified atom stereocenters. The average molecular weight is 352 g/mol. The third-order valence-corrected chi connectivity index (χ3v) is 6.13. The lowest BCUT2D eigenvalue weighted by Crippen LogP contribution is -2.48. The van der Waals surface area contributed by atoms with Gasteiger partial charge in [-0.15, -0.1) is 0 Å². The highest BCUT2D eigenvalue weighted by Gasteiger charge is 2.36. The Morgan fingerprint density at radius 2 is 1.96 bits per heavy atom. The Balaban J connectivity index is 1.89. The molecule has 1 aliphatic carbocycles. The summed E-state index contributed by atoms with van der Waals surface area (Å²) in [5.41, 5.74) is 6.04. The first kappa shape index (κ1) is 20.2. The van der Waals surface area contributed by atoms with E-state index < -0.39 is 0 Å². The quantitative estimate of drug-likeness (QED) is 0.740. The highest BCUT2D eigenvalue weighted by molar-refractivity contribution is 5.81. The van der Waals surface area contributed by atoms with Gasteiger partial charge in [0.1, 0.15) is 0 Å². The summed E-state index contributed by atoms with van der Waals surface area (Å²) in [4.78, 5) is 27.3. The van der Waals surface area contributed by atoms with E-state index in [2.05, 4.69) is 19.2 Å². The highest BCUT2D eigenvalue weighted by Crippen LogP contribution is 2.39. The molecule has 2 fully saturated rings. The number of amides is 2. The lowest BCUT2D eigenvalue weighted by molar-refractivity contribution is -0.138. The van der Waals surface area contributed by atoms with Crippen molar-refractivity contribution in [3.05, 3.63) is 0 Å². The molecule has 5 heteroatoms. The van der Waals surface area contributed by atoms with Gasteiger partial charge in [0.2, 0.25) is 11.8 Å². The van der Waals surface area contributed by atoms with Crippen molar-refractivity contribution < 1.29 is 9.59 Å². The van der Waals surface area contributed by atoms with E-state index in [1.54, 1.807) is 0 Å². The number of carbonyl (C=O) groups excluding carboxylic acids is 2. The zero-order valence-corrected chi connectivity index (χ0v) is 16.2. The van der Waals surface area contributed by atoms with Gasteiger partial charge in [-0.2, -0.15) is 0 Å². The summed E-state index contributed by atoms with van der Waals surface area (Å²) in [6.07, 6.45) is 10.2. The van der Waals surface area contributed by atoms with Gasteiger partial charge in [0.05, 0.1) is 5.92 Å². The van der Waals surface area contributed by atoms with Crippen molar-refractivity contribution in [1.82, 2.24) is 10.2 Å².